The van der Waals surface area contributed by atoms with Crippen LogP contribution in [0.5, 0.6) is 5.75 Å². The van der Waals surface area contributed by atoms with E-state index in [2.05, 4.69) is 27.3 Å². The van der Waals surface area contributed by atoms with Crippen LogP contribution in [0.4, 0.5) is 0 Å². The molecule has 0 amide bonds. The number of aryl methyl sites for hydroxylation is 3. The summed E-state index contributed by atoms with van der Waals surface area (Å²) in [6.07, 6.45) is 1.58. The Hall–Kier alpha value is -4.95. The molecule has 2 aromatic heterocycles. The van der Waals surface area contributed by atoms with Gasteiger partial charge >= 0.3 is 5.97 Å². The van der Waals surface area contributed by atoms with E-state index in [1.807, 2.05) is 48.5 Å². The quantitative estimate of drug-likeness (QED) is 0.152. The number of hydrogen-bond acceptors (Lipinski definition) is 6. The van der Waals surface area contributed by atoms with E-state index >= 15 is 0 Å². The SMILES string of the molecule is COCCCn1c(-c2ccccc2O)nc2cccc(-c3nc4cc(C(=O)OC)ccc4n3CCc3ccccc3)c21. The minimum Gasteiger partial charge on any atom is -0.507 e. The van der Waals surface area contributed by atoms with Crippen LogP contribution < -0.4 is 0 Å². The highest BCUT2D eigenvalue weighted by Gasteiger charge is 2.22. The average Bonchev–Trinajstić information content (AvgIpc) is 3.58. The third kappa shape index (κ3) is 5.12. The van der Waals surface area contributed by atoms with Gasteiger partial charge in [0, 0.05) is 32.4 Å². The maximum Gasteiger partial charge on any atom is 0.337 e. The number of ether oxygens (including phenoxy) is 2. The van der Waals surface area contributed by atoms with E-state index in [-0.39, 0.29) is 5.75 Å². The summed E-state index contributed by atoms with van der Waals surface area (Å²) in [7, 11) is 3.07. The molecule has 0 aliphatic carbocycles. The number of methoxy groups -OCH3 is 2. The highest BCUT2D eigenvalue weighted by Crippen LogP contribution is 2.37. The molecule has 212 valence electrons. The lowest BCUT2D eigenvalue weighted by Gasteiger charge is -2.14. The lowest BCUT2D eigenvalue weighted by Crippen LogP contribution is -2.07. The maximum absolute atomic E-state index is 12.3. The number of imidazole rings is 2. The van der Waals surface area contributed by atoms with Crippen LogP contribution in [-0.4, -0.2) is 51.0 Å². The van der Waals surface area contributed by atoms with E-state index in [1.54, 1.807) is 31.4 Å². The van der Waals surface area contributed by atoms with E-state index < -0.39 is 5.97 Å². The van der Waals surface area contributed by atoms with Crippen LogP contribution in [0.25, 0.3) is 44.8 Å². The molecule has 2 heterocycles. The summed E-state index contributed by atoms with van der Waals surface area (Å²) >= 11 is 0. The molecule has 0 saturated carbocycles. The average molecular weight is 561 g/mol. The van der Waals surface area contributed by atoms with Crippen molar-refractivity contribution in [3.63, 3.8) is 0 Å². The number of carbonyl (C=O) groups excluding carboxylic acids is 1. The number of rotatable bonds is 10. The number of para-hydroxylation sites is 2. The van der Waals surface area contributed by atoms with Gasteiger partial charge in [0.1, 0.15) is 17.4 Å². The smallest absolute Gasteiger partial charge is 0.337 e. The molecule has 4 aromatic carbocycles. The number of phenols is 1. The zero-order chi connectivity index (χ0) is 29.1. The molecule has 0 fully saturated rings. The number of esters is 1. The molecule has 0 atom stereocenters. The topological polar surface area (TPSA) is 91.4 Å². The number of hydrogen-bond donors (Lipinski definition) is 1. The van der Waals surface area contributed by atoms with Crippen molar-refractivity contribution in [3.8, 4) is 28.5 Å². The second-order valence-electron chi connectivity index (χ2n) is 10.1. The third-order valence-electron chi connectivity index (χ3n) is 7.52. The fourth-order valence-corrected chi connectivity index (χ4v) is 5.51. The Morgan fingerprint density at radius 3 is 2.31 bits per heavy atom. The Labute approximate surface area is 243 Å². The van der Waals surface area contributed by atoms with Gasteiger partial charge in [-0.25, -0.2) is 14.8 Å². The Kier molecular flexibility index (Phi) is 7.70. The lowest BCUT2D eigenvalue weighted by atomic mass is 10.1. The third-order valence-corrected chi connectivity index (χ3v) is 7.52. The molecule has 0 radical (unpaired) electrons. The summed E-state index contributed by atoms with van der Waals surface area (Å²) in [5.41, 5.74) is 6.63. The van der Waals surface area contributed by atoms with Crippen LogP contribution in [0.1, 0.15) is 22.3 Å². The number of fused-ring (bicyclic) bond motifs is 2. The van der Waals surface area contributed by atoms with Crippen molar-refractivity contribution in [2.24, 2.45) is 0 Å². The summed E-state index contributed by atoms with van der Waals surface area (Å²) < 4.78 is 14.7. The molecule has 0 unspecified atom stereocenters. The van der Waals surface area contributed by atoms with Crippen molar-refractivity contribution >= 4 is 28.0 Å². The van der Waals surface area contributed by atoms with Crippen LogP contribution in [-0.2, 0) is 29.0 Å². The summed E-state index contributed by atoms with van der Waals surface area (Å²) in [5.74, 6) is 1.24. The minimum absolute atomic E-state index is 0.174. The lowest BCUT2D eigenvalue weighted by molar-refractivity contribution is 0.0601. The molecule has 0 aliphatic rings. The highest BCUT2D eigenvalue weighted by atomic mass is 16.5. The second kappa shape index (κ2) is 11.9. The first-order valence-electron chi connectivity index (χ1n) is 14.0. The molecule has 0 bridgehead atoms. The predicted molar refractivity (Wildman–Crippen MR) is 164 cm³/mol. The predicted octanol–water partition coefficient (Wildman–Crippen LogP) is 6.49. The van der Waals surface area contributed by atoms with E-state index in [9.17, 15) is 9.90 Å². The van der Waals surface area contributed by atoms with Gasteiger partial charge in [-0.1, -0.05) is 48.5 Å². The Balaban J connectivity index is 1.57. The van der Waals surface area contributed by atoms with E-state index in [4.69, 9.17) is 19.4 Å². The van der Waals surface area contributed by atoms with Gasteiger partial charge in [0.2, 0.25) is 0 Å². The number of nitrogens with zero attached hydrogens (tertiary/aromatic N) is 4. The summed E-state index contributed by atoms with van der Waals surface area (Å²) in [4.78, 5) is 22.4. The number of benzene rings is 4. The summed E-state index contributed by atoms with van der Waals surface area (Å²) in [6.45, 7) is 1.92. The molecule has 0 saturated heterocycles. The molecule has 42 heavy (non-hydrogen) atoms. The van der Waals surface area contributed by atoms with Crippen LogP contribution in [0.3, 0.4) is 0 Å². The zero-order valence-electron chi connectivity index (χ0n) is 23.7. The Morgan fingerprint density at radius 1 is 0.786 bits per heavy atom. The standard InChI is InChI=1S/C34H32N4O4/c1-41-21-9-19-38-31-26(13-8-14-27(31)35-32(38)25-12-6-7-15-30(25)39)33-36-28-22-24(34(40)42-2)16-17-29(28)37(33)20-18-23-10-4-3-5-11-23/h3-8,10-17,22,39H,9,18-21H2,1-2H3. The first kappa shape index (κ1) is 27.2. The second-order valence-corrected chi connectivity index (χ2v) is 10.1. The normalized spacial score (nSPS) is 11.4. The van der Waals surface area contributed by atoms with Crippen molar-refractivity contribution in [2.45, 2.75) is 25.9 Å². The molecule has 0 aliphatic heterocycles. The summed E-state index contributed by atoms with van der Waals surface area (Å²) in [5, 5.41) is 10.7. The zero-order valence-corrected chi connectivity index (χ0v) is 23.7. The van der Waals surface area contributed by atoms with Crippen LogP contribution in [0.15, 0.2) is 91.0 Å². The van der Waals surface area contributed by atoms with Gasteiger partial charge in [-0.05, 0) is 60.9 Å². The van der Waals surface area contributed by atoms with Crippen LogP contribution >= 0.6 is 0 Å². The largest absolute Gasteiger partial charge is 0.507 e. The molecule has 0 spiro atoms. The van der Waals surface area contributed by atoms with Gasteiger partial charge in [0.15, 0.2) is 0 Å². The van der Waals surface area contributed by atoms with Gasteiger partial charge in [0.25, 0.3) is 0 Å². The van der Waals surface area contributed by atoms with Crippen molar-refractivity contribution < 1.29 is 19.4 Å². The number of carbonyl (C=O) groups is 1. The number of phenolic OH excluding ortho intramolecular Hbond substituents is 1. The monoisotopic (exact) mass is 560 g/mol. The number of aromatic hydroxyl groups is 1. The molecule has 8 nitrogen and oxygen atoms in total. The maximum atomic E-state index is 12.3. The minimum atomic E-state index is -0.400. The first-order valence-corrected chi connectivity index (χ1v) is 14.0. The molecular formula is C34H32N4O4. The van der Waals surface area contributed by atoms with Crippen molar-refractivity contribution in [1.29, 1.82) is 0 Å². The highest BCUT2D eigenvalue weighted by molar-refractivity contribution is 5.97. The fourth-order valence-electron chi connectivity index (χ4n) is 5.51. The Bertz CT molecular complexity index is 1870. The van der Waals surface area contributed by atoms with Gasteiger partial charge in [-0.15, -0.1) is 0 Å². The van der Waals surface area contributed by atoms with E-state index in [0.29, 0.717) is 42.2 Å². The first-order chi connectivity index (χ1) is 20.6. The Morgan fingerprint density at radius 2 is 1.52 bits per heavy atom. The van der Waals surface area contributed by atoms with Crippen molar-refractivity contribution in [3.05, 3.63) is 102 Å². The van der Waals surface area contributed by atoms with Crippen LogP contribution in [0.2, 0.25) is 0 Å². The molecular weight excluding hydrogens is 528 g/mol. The van der Waals surface area contributed by atoms with Gasteiger partial charge < -0.3 is 23.7 Å². The van der Waals surface area contributed by atoms with Crippen molar-refractivity contribution in [2.75, 3.05) is 20.8 Å². The van der Waals surface area contributed by atoms with Gasteiger partial charge in [0.05, 0.1) is 40.3 Å². The van der Waals surface area contributed by atoms with E-state index in [0.717, 1.165) is 40.8 Å². The van der Waals surface area contributed by atoms with Crippen molar-refractivity contribution in [1.82, 2.24) is 19.1 Å². The molecule has 1 N–H and O–H groups in total. The van der Waals surface area contributed by atoms with Gasteiger partial charge in [-0.3, -0.25) is 0 Å². The fraction of sp³-hybridized carbons (Fsp3) is 0.206. The van der Waals surface area contributed by atoms with E-state index in [1.165, 1.54) is 12.7 Å². The summed E-state index contributed by atoms with van der Waals surface area (Å²) in [6, 6.07) is 29.2. The molecule has 6 aromatic rings. The molecule has 6 rings (SSSR count). The number of aromatic nitrogens is 4. The van der Waals surface area contributed by atoms with Crippen LogP contribution in [0, 0.1) is 0 Å². The molecule has 8 heteroatoms. The van der Waals surface area contributed by atoms with Gasteiger partial charge in [-0.2, -0.15) is 0 Å².